The number of hydrazone groups is 1. The van der Waals surface area contributed by atoms with Crippen LogP contribution in [-0.2, 0) is 11.3 Å². The highest BCUT2D eigenvalue weighted by Crippen LogP contribution is 2.17. The molecule has 0 aliphatic carbocycles. The molecule has 2 aliphatic rings. The summed E-state index contributed by atoms with van der Waals surface area (Å²) in [5.74, 6) is 0.987. The van der Waals surface area contributed by atoms with E-state index >= 15 is 0 Å². The van der Waals surface area contributed by atoms with Crippen LogP contribution in [0.15, 0.2) is 40.0 Å². The summed E-state index contributed by atoms with van der Waals surface area (Å²) in [5, 5.41) is 10.2. The predicted octanol–water partition coefficient (Wildman–Crippen LogP) is 2.05. The number of aryl methyl sites for hydroxylation is 2. The standard InChI is InChI=1S/C21H27N5O2/c1-16-19(17(2)28-23-16)14-24-10-12-25(13-11-24)15-21(27)26-9-8-20(22-26)18-6-4-3-5-7-18/h3-7H,8-15H2,1-2H3. The lowest BCUT2D eigenvalue weighted by molar-refractivity contribution is -0.132. The van der Waals surface area contributed by atoms with E-state index in [9.17, 15) is 4.79 Å². The van der Waals surface area contributed by atoms with Gasteiger partial charge in [0.15, 0.2) is 0 Å². The maximum Gasteiger partial charge on any atom is 0.256 e. The Balaban J connectivity index is 1.27. The summed E-state index contributed by atoms with van der Waals surface area (Å²) < 4.78 is 5.26. The molecule has 0 spiro atoms. The molecular formula is C21H27N5O2. The molecule has 7 heteroatoms. The number of benzene rings is 1. The third kappa shape index (κ3) is 4.15. The van der Waals surface area contributed by atoms with Gasteiger partial charge in [0, 0.05) is 44.7 Å². The van der Waals surface area contributed by atoms with Crippen LogP contribution in [0.5, 0.6) is 0 Å². The molecule has 0 saturated carbocycles. The second-order valence-corrected chi connectivity index (χ2v) is 7.53. The van der Waals surface area contributed by atoms with Crippen LogP contribution < -0.4 is 0 Å². The number of carbonyl (C=O) groups excluding carboxylic acids is 1. The third-order valence-electron chi connectivity index (χ3n) is 5.58. The fourth-order valence-corrected chi connectivity index (χ4v) is 3.80. The van der Waals surface area contributed by atoms with Gasteiger partial charge >= 0.3 is 0 Å². The Labute approximate surface area is 165 Å². The third-order valence-corrected chi connectivity index (χ3v) is 5.58. The maximum atomic E-state index is 12.7. The largest absolute Gasteiger partial charge is 0.361 e. The van der Waals surface area contributed by atoms with E-state index in [2.05, 4.69) is 20.1 Å². The second-order valence-electron chi connectivity index (χ2n) is 7.53. The van der Waals surface area contributed by atoms with Crippen LogP contribution >= 0.6 is 0 Å². The van der Waals surface area contributed by atoms with Gasteiger partial charge in [0.2, 0.25) is 0 Å². The van der Waals surface area contributed by atoms with E-state index in [-0.39, 0.29) is 5.91 Å². The molecule has 0 unspecified atom stereocenters. The van der Waals surface area contributed by atoms with Gasteiger partial charge in [-0.2, -0.15) is 5.10 Å². The fraction of sp³-hybridized carbons (Fsp3) is 0.476. The summed E-state index contributed by atoms with van der Waals surface area (Å²) in [6.07, 6.45) is 0.820. The van der Waals surface area contributed by atoms with Gasteiger partial charge in [-0.25, -0.2) is 5.01 Å². The van der Waals surface area contributed by atoms with Crippen LogP contribution in [0.3, 0.4) is 0 Å². The molecule has 1 saturated heterocycles. The zero-order valence-electron chi connectivity index (χ0n) is 16.6. The zero-order chi connectivity index (χ0) is 19.5. The first-order valence-electron chi connectivity index (χ1n) is 9.90. The van der Waals surface area contributed by atoms with E-state index in [0.717, 1.165) is 61.9 Å². The minimum absolute atomic E-state index is 0.0881. The highest BCUT2D eigenvalue weighted by molar-refractivity contribution is 6.02. The molecule has 2 aliphatic heterocycles. The Morgan fingerprint density at radius 1 is 1.04 bits per heavy atom. The van der Waals surface area contributed by atoms with Crippen molar-refractivity contribution in [3.63, 3.8) is 0 Å². The first-order valence-corrected chi connectivity index (χ1v) is 9.90. The number of amides is 1. The van der Waals surface area contributed by atoms with Gasteiger partial charge < -0.3 is 4.52 Å². The first kappa shape index (κ1) is 18.8. The van der Waals surface area contributed by atoms with Gasteiger partial charge in [-0.3, -0.25) is 14.6 Å². The van der Waals surface area contributed by atoms with Crippen molar-refractivity contribution in [2.45, 2.75) is 26.8 Å². The highest BCUT2D eigenvalue weighted by Gasteiger charge is 2.25. The molecule has 7 nitrogen and oxygen atoms in total. The number of carbonyl (C=O) groups is 1. The molecule has 1 aromatic carbocycles. The van der Waals surface area contributed by atoms with Crippen LogP contribution in [0.1, 0.15) is 29.0 Å². The van der Waals surface area contributed by atoms with Gasteiger partial charge in [-0.1, -0.05) is 35.5 Å². The van der Waals surface area contributed by atoms with Crippen molar-refractivity contribution in [2.75, 3.05) is 39.3 Å². The Morgan fingerprint density at radius 2 is 1.75 bits per heavy atom. The zero-order valence-corrected chi connectivity index (χ0v) is 16.6. The van der Waals surface area contributed by atoms with Crippen molar-refractivity contribution < 1.29 is 9.32 Å². The van der Waals surface area contributed by atoms with Crippen molar-refractivity contribution in [3.8, 4) is 0 Å². The Kier molecular flexibility index (Phi) is 5.54. The van der Waals surface area contributed by atoms with Gasteiger partial charge in [0.25, 0.3) is 5.91 Å². The van der Waals surface area contributed by atoms with Crippen LogP contribution in [0.2, 0.25) is 0 Å². The molecule has 148 valence electrons. The Hall–Kier alpha value is -2.51. The van der Waals surface area contributed by atoms with Crippen LogP contribution in [0.4, 0.5) is 0 Å². The topological polar surface area (TPSA) is 65.2 Å². The van der Waals surface area contributed by atoms with Crippen molar-refractivity contribution in [2.24, 2.45) is 5.10 Å². The summed E-state index contributed by atoms with van der Waals surface area (Å²) >= 11 is 0. The van der Waals surface area contributed by atoms with Crippen LogP contribution in [0.25, 0.3) is 0 Å². The number of nitrogens with zero attached hydrogens (tertiary/aromatic N) is 5. The quantitative estimate of drug-likeness (QED) is 0.793. The fourth-order valence-electron chi connectivity index (χ4n) is 3.80. The molecule has 0 N–H and O–H groups in total. The summed E-state index contributed by atoms with van der Waals surface area (Å²) in [7, 11) is 0. The molecule has 0 atom stereocenters. The lowest BCUT2D eigenvalue weighted by Gasteiger charge is -2.34. The molecule has 4 rings (SSSR count). The minimum Gasteiger partial charge on any atom is -0.361 e. The normalized spacial score (nSPS) is 18.5. The first-order chi connectivity index (χ1) is 13.6. The van der Waals surface area contributed by atoms with Crippen molar-refractivity contribution in [1.29, 1.82) is 0 Å². The lowest BCUT2D eigenvalue weighted by Crippen LogP contribution is -2.49. The van der Waals surface area contributed by atoms with E-state index < -0.39 is 0 Å². The highest BCUT2D eigenvalue weighted by atomic mass is 16.5. The summed E-state index contributed by atoms with van der Waals surface area (Å²) in [5.41, 5.74) is 4.25. The van der Waals surface area contributed by atoms with Crippen molar-refractivity contribution in [1.82, 2.24) is 20.0 Å². The number of rotatable bonds is 5. The summed E-state index contributed by atoms with van der Waals surface area (Å²) in [6.45, 7) is 9.58. The minimum atomic E-state index is 0.0881. The number of hydrogen-bond acceptors (Lipinski definition) is 6. The van der Waals surface area contributed by atoms with Crippen molar-refractivity contribution in [3.05, 3.63) is 52.9 Å². The SMILES string of the molecule is Cc1noc(C)c1CN1CCN(CC(=O)N2CCC(c3ccccc3)=N2)CC1. The number of piperazine rings is 1. The molecule has 1 fully saturated rings. The van der Waals surface area contributed by atoms with Gasteiger partial charge in [-0.15, -0.1) is 0 Å². The average Bonchev–Trinajstić information content (AvgIpc) is 3.33. The van der Waals surface area contributed by atoms with Crippen molar-refractivity contribution >= 4 is 11.6 Å². The predicted molar refractivity (Wildman–Crippen MR) is 107 cm³/mol. The molecule has 28 heavy (non-hydrogen) atoms. The van der Waals surface area contributed by atoms with E-state index in [1.807, 2.05) is 44.2 Å². The van der Waals surface area contributed by atoms with Gasteiger partial charge in [0.1, 0.15) is 5.76 Å². The molecular weight excluding hydrogens is 354 g/mol. The monoisotopic (exact) mass is 381 g/mol. The molecule has 2 aromatic rings. The second kappa shape index (κ2) is 8.24. The molecule has 1 aromatic heterocycles. The summed E-state index contributed by atoms with van der Waals surface area (Å²) in [6, 6.07) is 10.1. The van der Waals surface area contributed by atoms with E-state index in [4.69, 9.17) is 4.52 Å². The Morgan fingerprint density at radius 3 is 2.43 bits per heavy atom. The van der Waals surface area contributed by atoms with Crippen LogP contribution in [0, 0.1) is 13.8 Å². The van der Waals surface area contributed by atoms with Crippen LogP contribution in [-0.4, -0.2) is 70.9 Å². The Bertz CT molecular complexity index is 833. The molecule has 0 bridgehead atoms. The number of hydrogen-bond donors (Lipinski definition) is 0. The van der Waals surface area contributed by atoms with Gasteiger partial charge in [0.05, 0.1) is 24.5 Å². The van der Waals surface area contributed by atoms with Gasteiger partial charge in [-0.05, 0) is 19.4 Å². The van der Waals surface area contributed by atoms with E-state index in [1.165, 1.54) is 5.56 Å². The smallest absolute Gasteiger partial charge is 0.256 e. The molecule has 3 heterocycles. The van der Waals surface area contributed by atoms with E-state index in [1.54, 1.807) is 5.01 Å². The average molecular weight is 381 g/mol. The molecule has 1 amide bonds. The number of aromatic nitrogens is 1. The maximum absolute atomic E-state index is 12.7. The summed E-state index contributed by atoms with van der Waals surface area (Å²) in [4.78, 5) is 17.3. The van der Waals surface area contributed by atoms with E-state index in [0.29, 0.717) is 13.1 Å². The lowest BCUT2D eigenvalue weighted by atomic mass is 10.1. The molecule has 0 radical (unpaired) electrons.